The fourth-order valence-electron chi connectivity index (χ4n) is 2.83. The summed E-state index contributed by atoms with van der Waals surface area (Å²) in [5.41, 5.74) is 4.32. The molecule has 3 rings (SSSR count). The number of carboxylic acid groups (broad SMARTS) is 1. The third-order valence-electron chi connectivity index (χ3n) is 4.05. The van der Waals surface area contributed by atoms with Crippen molar-refractivity contribution in [1.82, 2.24) is 4.98 Å². The van der Waals surface area contributed by atoms with E-state index in [2.05, 4.69) is 4.98 Å². The molecule has 2 N–H and O–H groups in total. The summed E-state index contributed by atoms with van der Waals surface area (Å²) >= 11 is 1.46. The number of thiophene rings is 1. The number of carbonyl (C=O) groups is 1. The molecule has 0 saturated heterocycles. The lowest BCUT2D eigenvalue weighted by atomic mass is 10.0. The molecule has 0 unspecified atom stereocenters. The number of aryl methyl sites for hydroxylation is 2. The third-order valence-corrected chi connectivity index (χ3v) is 5.03. The molecule has 130 valence electrons. The standard InChI is InChI=1S/C19H19NO4S/c1-11-3-4-13(12(2)20-11)9-24-16-5-14(8-21)19-15(6-18(22)23)10-25-17(19)7-16/h3-5,7,10,21H,6,8-9H2,1-2H3,(H,22,23). The number of nitrogens with zero attached hydrogens (tertiary/aromatic N) is 1. The molecule has 2 aromatic heterocycles. The minimum absolute atomic E-state index is 0.0541. The SMILES string of the molecule is Cc1ccc(COc2cc(CO)c3c(CC(=O)O)csc3c2)c(C)n1. The molecule has 2 heterocycles. The van der Waals surface area contributed by atoms with Crippen LogP contribution in [0.1, 0.15) is 28.1 Å². The summed E-state index contributed by atoms with van der Waals surface area (Å²) in [5.74, 6) is -0.230. The Bertz CT molecular complexity index is 933. The van der Waals surface area contributed by atoms with Crippen molar-refractivity contribution in [3.63, 3.8) is 0 Å². The van der Waals surface area contributed by atoms with Crippen LogP contribution in [0.3, 0.4) is 0 Å². The van der Waals surface area contributed by atoms with Gasteiger partial charge in [-0.1, -0.05) is 6.07 Å². The van der Waals surface area contributed by atoms with E-state index >= 15 is 0 Å². The van der Waals surface area contributed by atoms with E-state index in [0.29, 0.717) is 17.9 Å². The van der Waals surface area contributed by atoms with E-state index < -0.39 is 5.97 Å². The van der Waals surface area contributed by atoms with Crippen LogP contribution in [-0.4, -0.2) is 21.2 Å². The predicted octanol–water partition coefficient (Wildman–Crippen LogP) is 3.61. The van der Waals surface area contributed by atoms with Crippen molar-refractivity contribution in [3.8, 4) is 5.75 Å². The van der Waals surface area contributed by atoms with E-state index in [1.807, 2.05) is 37.4 Å². The van der Waals surface area contributed by atoms with Gasteiger partial charge in [0.2, 0.25) is 0 Å². The average Bonchev–Trinajstić information content (AvgIpc) is 2.95. The molecular weight excluding hydrogens is 338 g/mol. The first-order chi connectivity index (χ1) is 12.0. The van der Waals surface area contributed by atoms with Gasteiger partial charge < -0.3 is 14.9 Å². The zero-order valence-electron chi connectivity index (χ0n) is 14.1. The van der Waals surface area contributed by atoms with Crippen molar-refractivity contribution >= 4 is 27.4 Å². The molecule has 0 bridgehead atoms. The van der Waals surface area contributed by atoms with E-state index in [4.69, 9.17) is 9.84 Å². The van der Waals surface area contributed by atoms with E-state index in [1.165, 1.54) is 11.3 Å². The Kier molecular flexibility index (Phi) is 5.01. The Hall–Kier alpha value is -2.44. The maximum absolute atomic E-state index is 11.0. The van der Waals surface area contributed by atoms with Crippen LogP contribution in [0.2, 0.25) is 0 Å². The number of pyridine rings is 1. The van der Waals surface area contributed by atoms with Crippen LogP contribution in [-0.2, 0) is 24.4 Å². The zero-order valence-corrected chi connectivity index (χ0v) is 14.9. The molecule has 25 heavy (non-hydrogen) atoms. The van der Waals surface area contributed by atoms with Crippen molar-refractivity contribution in [2.45, 2.75) is 33.5 Å². The van der Waals surface area contributed by atoms with Gasteiger partial charge in [-0.25, -0.2) is 0 Å². The van der Waals surface area contributed by atoms with E-state index in [-0.39, 0.29) is 13.0 Å². The van der Waals surface area contributed by atoms with Crippen LogP contribution < -0.4 is 4.74 Å². The lowest BCUT2D eigenvalue weighted by Crippen LogP contribution is -2.02. The molecule has 1 aromatic carbocycles. The maximum Gasteiger partial charge on any atom is 0.307 e. The van der Waals surface area contributed by atoms with E-state index in [1.54, 1.807) is 6.07 Å². The highest BCUT2D eigenvalue weighted by Gasteiger charge is 2.14. The highest BCUT2D eigenvalue weighted by molar-refractivity contribution is 7.17. The Morgan fingerprint density at radius 2 is 2.00 bits per heavy atom. The van der Waals surface area contributed by atoms with Crippen molar-refractivity contribution in [2.24, 2.45) is 0 Å². The normalized spacial score (nSPS) is 11.0. The number of ether oxygens (including phenoxy) is 1. The number of aromatic nitrogens is 1. The maximum atomic E-state index is 11.0. The number of carboxylic acids is 1. The highest BCUT2D eigenvalue weighted by Crippen LogP contribution is 2.34. The van der Waals surface area contributed by atoms with Crippen molar-refractivity contribution < 1.29 is 19.7 Å². The molecule has 0 aliphatic heterocycles. The molecule has 6 heteroatoms. The quantitative estimate of drug-likeness (QED) is 0.704. The second-order valence-electron chi connectivity index (χ2n) is 5.93. The van der Waals surface area contributed by atoms with Crippen LogP contribution in [0.4, 0.5) is 0 Å². The number of hydrogen-bond donors (Lipinski definition) is 2. The van der Waals surface area contributed by atoms with Gasteiger partial charge in [0, 0.05) is 27.0 Å². The summed E-state index contributed by atoms with van der Waals surface area (Å²) in [6.45, 7) is 4.13. The van der Waals surface area contributed by atoms with Gasteiger partial charge in [-0.15, -0.1) is 11.3 Å². The first-order valence-electron chi connectivity index (χ1n) is 7.89. The van der Waals surface area contributed by atoms with Gasteiger partial charge in [0.15, 0.2) is 0 Å². The molecule has 0 radical (unpaired) electrons. The van der Waals surface area contributed by atoms with Crippen LogP contribution in [0.5, 0.6) is 5.75 Å². The van der Waals surface area contributed by atoms with E-state index in [0.717, 1.165) is 32.6 Å². The summed E-state index contributed by atoms with van der Waals surface area (Å²) < 4.78 is 6.81. The molecule has 0 spiro atoms. The van der Waals surface area contributed by atoms with Gasteiger partial charge in [-0.2, -0.15) is 0 Å². The second-order valence-corrected chi connectivity index (χ2v) is 6.84. The Labute approximate surface area is 149 Å². The first-order valence-corrected chi connectivity index (χ1v) is 8.77. The Balaban J connectivity index is 1.88. The molecule has 3 aromatic rings. The topological polar surface area (TPSA) is 79.7 Å². The number of aliphatic hydroxyl groups is 1. The summed E-state index contributed by atoms with van der Waals surface area (Å²) in [5, 5.41) is 21.4. The van der Waals surface area contributed by atoms with Crippen LogP contribution >= 0.6 is 11.3 Å². The van der Waals surface area contributed by atoms with Gasteiger partial charge in [0.1, 0.15) is 12.4 Å². The van der Waals surface area contributed by atoms with Crippen molar-refractivity contribution in [1.29, 1.82) is 0 Å². The summed E-state index contributed by atoms with van der Waals surface area (Å²) in [6, 6.07) is 7.61. The average molecular weight is 357 g/mol. The lowest BCUT2D eigenvalue weighted by molar-refractivity contribution is -0.136. The molecule has 5 nitrogen and oxygen atoms in total. The molecule has 0 aliphatic carbocycles. The van der Waals surface area contributed by atoms with Crippen molar-refractivity contribution in [2.75, 3.05) is 0 Å². The molecule has 0 aliphatic rings. The predicted molar refractivity (Wildman–Crippen MR) is 97.1 cm³/mol. The highest BCUT2D eigenvalue weighted by atomic mass is 32.1. The molecule has 0 saturated carbocycles. The van der Waals surface area contributed by atoms with Gasteiger partial charge >= 0.3 is 5.97 Å². The van der Waals surface area contributed by atoms with Crippen LogP contribution in [0, 0.1) is 13.8 Å². The van der Waals surface area contributed by atoms with Crippen molar-refractivity contribution in [3.05, 3.63) is 57.7 Å². The minimum atomic E-state index is -0.883. The number of aliphatic hydroxyl groups excluding tert-OH is 1. The van der Waals surface area contributed by atoms with Gasteiger partial charge in [-0.3, -0.25) is 9.78 Å². The first kappa shape index (κ1) is 17.4. The smallest absolute Gasteiger partial charge is 0.307 e. The van der Waals surface area contributed by atoms with Crippen LogP contribution in [0.15, 0.2) is 29.6 Å². The van der Waals surface area contributed by atoms with Gasteiger partial charge in [-0.05, 0) is 48.6 Å². The number of fused-ring (bicyclic) bond motifs is 1. The third kappa shape index (κ3) is 3.81. The number of benzene rings is 1. The zero-order chi connectivity index (χ0) is 18.0. The summed E-state index contributed by atoms with van der Waals surface area (Å²) in [6.07, 6.45) is -0.0541. The molecular formula is C19H19NO4S. The second kappa shape index (κ2) is 7.21. The number of aliphatic carboxylic acids is 1. The van der Waals surface area contributed by atoms with Gasteiger partial charge in [0.05, 0.1) is 13.0 Å². The monoisotopic (exact) mass is 357 g/mol. The summed E-state index contributed by atoms with van der Waals surface area (Å²) in [4.78, 5) is 15.4. The molecule has 0 fully saturated rings. The summed E-state index contributed by atoms with van der Waals surface area (Å²) in [7, 11) is 0. The number of rotatable bonds is 6. The number of hydrogen-bond acceptors (Lipinski definition) is 5. The fraction of sp³-hybridized carbons (Fsp3) is 0.263. The Morgan fingerprint density at radius 3 is 2.68 bits per heavy atom. The molecule has 0 atom stereocenters. The molecule has 0 amide bonds. The minimum Gasteiger partial charge on any atom is -0.489 e. The van der Waals surface area contributed by atoms with Gasteiger partial charge in [0.25, 0.3) is 0 Å². The van der Waals surface area contributed by atoms with E-state index in [9.17, 15) is 9.90 Å². The fourth-order valence-corrected chi connectivity index (χ4v) is 3.86. The lowest BCUT2D eigenvalue weighted by Gasteiger charge is -2.11. The largest absolute Gasteiger partial charge is 0.489 e. The van der Waals surface area contributed by atoms with Crippen LogP contribution in [0.25, 0.3) is 10.1 Å². The Morgan fingerprint density at radius 1 is 1.20 bits per heavy atom.